The van der Waals surface area contributed by atoms with Gasteiger partial charge in [-0.05, 0) is 133 Å². The second-order valence-electron chi connectivity index (χ2n) is 17.6. The van der Waals surface area contributed by atoms with Crippen LogP contribution < -0.4 is 4.90 Å². The summed E-state index contributed by atoms with van der Waals surface area (Å²) in [6.07, 6.45) is 12.1. The molecule has 63 heavy (non-hydrogen) atoms. The third-order valence-corrected chi connectivity index (χ3v) is 14.7. The van der Waals surface area contributed by atoms with Gasteiger partial charge in [0.15, 0.2) is 5.71 Å². The maximum absolute atomic E-state index is 11.8. The van der Waals surface area contributed by atoms with E-state index in [2.05, 4.69) is 61.5 Å². The second-order valence-corrected chi connectivity index (χ2v) is 21.1. The van der Waals surface area contributed by atoms with Crippen molar-refractivity contribution in [3.63, 3.8) is 0 Å². The predicted octanol–water partition coefficient (Wildman–Crippen LogP) is 9.94. The van der Waals surface area contributed by atoms with E-state index in [1.165, 1.54) is 0 Å². The first-order valence-corrected chi connectivity index (χ1v) is 24.6. The highest BCUT2D eigenvalue weighted by Gasteiger charge is 2.46. The minimum absolute atomic E-state index is 0.191. The maximum Gasteiger partial charge on any atom is 0.335 e. The molecule has 0 fully saturated rings. The molecule has 0 unspecified atom stereocenters. The lowest BCUT2D eigenvalue weighted by molar-refractivity contribution is -0.438. The molecule has 0 radical (unpaired) electrons. The monoisotopic (exact) mass is 915 g/mol. The Morgan fingerprint density at radius 3 is 1.92 bits per heavy atom. The van der Waals surface area contributed by atoms with Crippen LogP contribution in [0.4, 0.5) is 11.4 Å². The third-order valence-electron chi connectivity index (χ3n) is 12.6. The van der Waals surface area contributed by atoms with Crippen LogP contribution in [0.2, 0.25) is 0 Å². The van der Waals surface area contributed by atoms with E-state index in [1.54, 1.807) is 24.3 Å². The number of carboxylic acid groups (broad SMARTS) is 2. The van der Waals surface area contributed by atoms with Gasteiger partial charge < -0.3 is 15.1 Å². The fourth-order valence-corrected chi connectivity index (χ4v) is 11.1. The van der Waals surface area contributed by atoms with Crippen molar-refractivity contribution >= 4 is 82.4 Å². The molecule has 2 aliphatic heterocycles. The fraction of sp³-hybridized carbons (Fsp3) is 0.354. The van der Waals surface area contributed by atoms with Crippen molar-refractivity contribution in [2.75, 3.05) is 29.5 Å². The lowest BCUT2D eigenvalue weighted by Crippen LogP contribution is -2.28. The van der Waals surface area contributed by atoms with Crippen LogP contribution in [0.3, 0.4) is 0 Å². The van der Waals surface area contributed by atoms with Gasteiger partial charge in [0.05, 0.1) is 28.0 Å². The number of anilines is 1. The molecule has 0 aromatic heterocycles. The van der Waals surface area contributed by atoms with E-state index in [-0.39, 0.29) is 35.5 Å². The Morgan fingerprint density at radius 1 is 0.730 bits per heavy atom. The molecular formula is C48H52ClN2O10S2+. The number of carbonyl (C=O) groups is 2. The summed E-state index contributed by atoms with van der Waals surface area (Å²) in [4.78, 5) is 25.8. The van der Waals surface area contributed by atoms with Gasteiger partial charge in [-0.3, -0.25) is 9.11 Å². The van der Waals surface area contributed by atoms with Gasteiger partial charge in [0.1, 0.15) is 6.54 Å². The molecule has 4 aromatic rings. The zero-order chi connectivity index (χ0) is 45.6. The Kier molecular flexibility index (Phi) is 12.7. The summed E-state index contributed by atoms with van der Waals surface area (Å²) in [6.45, 7) is 9.44. The molecule has 0 saturated carbocycles. The summed E-state index contributed by atoms with van der Waals surface area (Å²) < 4.78 is 67.1. The Bertz CT molecular complexity index is 2960. The minimum atomic E-state index is -4.12. The second kappa shape index (κ2) is 17.5. The number of aromatic carboxylic acids is 2. The molecule has 15 heteroatoms. The number of nitrogens with zero attached hydrogens (tertiary/aromatic N) is 2. The predicted molar refractivity (Wildman–Crippen MR) is 248 cm³/mol. The van der Waals surface area contributed by atoms with E-state index in [4.69, 9.17) is 11.6 Å². The molecule has 12 nitrogen and oxygen atoms in total. The zero-order valence-electron chi connectivity index (χ0n) is 35.7. The van der Waals surface area contributed by atoms with E-state index >= 15 is 0 Å². The number of hydrogen-bond acceptors (Lipinski definition) is 7. The number of hydrogen-bond donors (Lipinski definition) is 4. The number of unbranched alkanes of at least 4 members (excludes halogenated alkanes) is 2. The summed E-state index contributed by atoms with van der Waals surface area (Å²) in [7, 11) is -8.23. The van der Waals surface area contributed by atoms with E-state index < -0.39 is 43.0 Å². The molecule has 7 rings (SSSR count). The summed E-state index contributed by atoms with van der Waals surface area (Å²) in [5.41, 5.74) is 7.06. The van der Waals surface area contributed by atoms with E-state index in [1.807, 2.05) is 36.4 Å². The maximum atomic E-state index is 11.8. The number of carboxylic acids is 2. The van der Waals surface area contributed by atoms with Crippen LogP contribution in [0.15, 0.2) is 107 Å². The Balaban J connectivity index is 1.26. The number of fused-ring (bicyclic) bond motifs is 6. The molecule has 0 spiro atoms. The SMILES string of the molecule is CC1(C)C(=C/C=C2\CCCC(/C=C/C3=[N+](CCCCS(=O)(=O)O)c4ccc5cc(C(=O)O)ccc5c4C3(C)C)=C2Cl)N(CCCCS(=O)(=O)O)c2ccc3cc(C(=O)O)ccc3c21. The molecule has 1 aliphatic carbocycles. The molecule has 3 aliphatic rings. The van der Waals surface area contributed by atoms with E-state index in [9.17, 15) is 45.7 Å². The minimum Gasteiger partial charge on any atom is -0.478 e. The number of halogens is 1. The van der Waals surface area contributed by atoms with Crippen molar-refractivity contribution in [2.45, 2.75) is 83.5 Å². The summed E-state index contributed by atoms with van der Waals surface area (Å²) in [5, 5.41) is 23.4. The largest absolute Gasteiger partial charge is 0.478 e. The normalized spacial score (nSPS) is 18.7. The quantitative estimate of drug-likeness (QED) is 0.0505. The topological polar surface area (TPSA) is 190 Å². The van der Waals surface area contributed by atoms with Crippen LogP contribution in [-0.2, 0) is 31.1 Å². The van der Waals surface area contributed by atoms with Crippen LogP contribution in [0.5, 0.6) is 0 Å². The van der Waals surface area contributed by atoms with E-state index in [0.29, 0.717) is 31.0 Å². The number of allylic oxidation sites excluding steroid dienone is 8. The van der Waals surface area contributed by atoms with E-state index in [0.717, 1.165) is 85.9 Å². The molecule has 4 N–H and O–H groups in total. The number of rotatable bonds is 15. The molecule has 2 heterocycles. The zero-order valence-corrected chi connectivity index (χ0v) is 38.1. The molecule has 0 bridgehead atoms. The van der Waals surface area contributed by atoms with Crippen molar-refractivity contribution in [2.24, 2.45) is 0 Å². The standard InChI is InChI=1S/C48H51ClN2O10S2/c1-47(2)40(50(24-5-7-26-62(56,57)58)38-20-14-32-28-34(45(52)53)12-18-36(32)42(38)47)22-16-30-10-9-11-31(44(30)49)17-23-41-48(3,4)43-37-19-13-35(46(54)55)29-33(37)15-21-39(43)51(41)25-6-8-27-63(59,60)61/h12-23,28-29H,5-11,24-27H2,1-4H3,(H3-,52,53,54,55,56,57,58,59,60,61)/p+1. The first-order valence-electron chi connectivity index (χ1n) is 21.0. The smallest absolute Gasteiger partial charge is 0.335 e. The molecular weight excluding hydrogens is 864 g/mol. The Labute approximate surface area is 373 Å². The average Bonchev–Trinajstić information content (AvgIpc) is 3.56. The van der Waals surface area contributed by atoms with Gasteiger partial charge in [0.2, 0.25) is 5.69 Å². The van der Waals surface area contributed by atoms with Crippen molar-refractivity contribution in [1.82, 2.24) is 0 Å². The molecule has 0 saturated heterocycles. The van der Waals surface area contributed by atoms with Crippen molar-refractivity contribution in [3.05, 3.63) is 129 Å². The average molecular weight is 917 g/mol. The highest BCUT2D eigenvalue weighted by Crippen LogP contribution is 2.51. The summed E-state index contributed by atoms with van der Waals surface area (Å²) in [6, 6.07) is 18.0. The van der Waals surface area contributed by atoms with Crippen LogP contribution in [0, 0.1) is 0 Å². The fourth-order valence-electron chi connectivity index (χ4n) is 9.61. The lowest BCUT2D eigenvalue weighted by atomic mass is 9.78. The van der Waals surface area contributed by atoms with Gasteiger partial charge in [-0.15, -0.1) is 0 Å². The highest BCUT2D eigenvalue weighted by molar-refractivity contribution is 7.86. The summed E-state index contributed by atoms with van der Waals surface area (Å²) >= 11 is 7.28. The van der Waals surface area contributed by atoms with Gasteiger partial charge in [0.25, 0.3) is 20.2 Å². The highest BCUT2D eigenvalue weighted by atomic mass is 35.5. The molecule has 332 valence electrons. The van der Waals surface area contributed by atoms with Crippen LogP contribution in [-0.4, -0.2) is 83.0 Å². The Hall–Kier alpha value is -5.12. The van der Waals surface area contributed by atoms with Crippen molar-refractivity contribution in [1.29, 1.82) is 0 Å². The van der Waals surface area contributed by atoms with Crippen molar-refractivity contribution < 1.29 is 50.3 Å². The van der Waals surface area contributed by atoms with Gasteiger partial charge in [-0.2, -0.15) is 21.4 Å². The van der Waals surface area contributed by atoms with Gasteiger partial charge in [0, 0.05) is 52.5 Å². The van der Waals surface area contributed by atoms with Crippen LogP contribution in [0.1, 0.15) is 104 Å². The van der Waals surface area contributed by atoms with Gasteiger partial charge in [-0.1, -0.05) is 55.8 Å². The molecule has 0 amide bonds. The van der Waals surface area contributed by atoms with Gasteiger partial charge >= 0.3 is 11.9 Å². The lowest BCUT2D eigenvalue weighted by Gasteiger charge is -2.27. The van der Waals surface area contributed by atoms with Crippen LogP contribution in [0.25, 0.3) is 21.5 Å². The van der Waals surface area contributed by atoms with Gasteiger partial charge in [-0.25, -0.2) is 9.59 Å². The summed E-state index contributed by atoms with van der Waals surface area (Å²) in [5.74, 6) is -2.70. The van der Waals surface area contributed by atoms with Crippen molar-refractivity contribution in [3.8, 4) is 0 Å². The Morgan fingerprint density at radius 2 is 1.32 bits per heavy atom. The molecule has 0 atom stereocenters. The first-order chi connectivity index (χ1) is 29.6. The number of benzene rings is 4. The first kappa shape index (κ1) is 45.9. The molecule has 4 aromatic carbocycles. The third kappa shape index (κ3) is 9.42. The van der Waals surface area contributed by atoms with Crippen LogP contribution >= 0.6 is 11.6 Å².